The summed E-state index contributed by atoms with van der Waals surface area (Å²) in [5, 5.41) is 26.4. The van der Waals surface area contributed by atoms with Crippen LogP contribution >= 0.6 is 47.3 Å². The van der Waals surface area contributed by atoms with E-state index >= 15 is 0 Å². The van der Waals surface area contributed by atoms with Gasteiger partial charge in [-0.05, 0) is 30.1 Å². The van der Waals surface area contributed by atoms with Gasteiger partial charge in [0, 0.05) is 23.4 Å². The molecule has 0 saturated carbocycles. The van der Waals surface area contributed by atoms with Crippen molar-refractivity contribution < 1.29 is 19.5 Å². The number of tetrazole rings is 1. The number of fused-ring (bicyclic) bond motifs is 1. The number of aromatic nitrogens is 5. The predicted octanol–water partition coefficient (Wildman–Crippen LogP) is -0.231. The maximum absolute atomic E-state index is 12.8. The number of anilines is 1. The Morgan fingerprint density at radius 3 is 2.83 bits per heavy atom. The zero-order chi connectivity index (χ0) is 24.4. The molecule has 0 spiro atoms. The third-order valence-electron chi connectivity index (χ3n) is 5.11. The van der Waals surface area contributed by atoms with E-state index in [-0.39, 0.29) is 30.4 Å². The molecule has 2 atom stereocenters. The highest BCUT2D eigenvalue weighted by Crippen LogP contribution is 2.41. The van der Waals surface area contributed by atoms with Crippen molar-refractivity contribution in [3.63, 3.8) is 0 Å². The van der Waals surface area contributed by atoms with Crippen LogP contribution in [0.25, 0.3) is 0 Å². The molecular formula is C18H24ClN9O4S3. The third-order valence-corrected chi connectivity index (χ3v) is 8.22. The van der Waals surface area contributed by atoms with Crippen molar-refractivity contribution in [3.05, 3.63) is 22.3 Å². The number of nitrogens with two attached hydrogens (primary N) is 1. The molecule has 0 bridgehead atoms. The molecule has 2 aliphatic heterocycles. The number of carboxylic acids is 1. The molecular weight excluding hydrogens is 538 g/mol. The molecule has 2 aromatic heterocycles. The first kappa shape index (κ1) is 27.2. The Hall–Kier alpha value is -2.40. The molecule has 0 aromatic carbocycles. The van der Waals surface area contributed by atoms with E-state index in [1.165, 1.54) is 39.8 Å². The van der Waals surface area contributed by atoms with Gasteiger partial charge in [0.15, 0.2) is 5.13 Å². The van der Waals surface area contributed by atoms with E-state index in [2.05, 4.69) is 25.8 Å². The fraction of sp³-hybridized carbons (Fsp3) is 0.500. The molecule has 1 saturated heterocycles. The quantitative estimate of drug-likeness (QED) is 0.257. The molecule has 35 heavy (non-hydrogen) atoms. The minimum atomic E-state index is -1.18. The van der Waals surface area contributed by atoms with Crippen molar-refractivity contribution in [2.24, 2.45) is 0 Å². The number of hydrogen-bond donors (Lipinski definition) is 3. The summed E-state index contributed by atoms with van der Waals surface area (Å²) in [7, 11) is 3.90. The summed E-state index contributed by atoms with van der Waals surface area (Å²) in [5.74, 6) is -1.24. The van der Waals surface area contributed by atoms with E-state index in [0.29, 0.717) is 39.6 Å². The number of halogens is 1. The van der Waals surface area contributed by atoms with E-state index in [4.69, 9.17) is 5.73 Å². The second kappa shape index (κ2) is 11.6. The Kier molecular flexibility index (Phi) is 8.98. The first-order chi connectivity index (χ1) is 16.2. The van der Waals surface area contributed by atoms with Gasteiger partial charge in [0.2, 0.25) is 11.1 Å². The maximum Gasteiger partial charge on any atom is 0.352 e. The Labute approximate surface area is 219 Å². The molecule has 2 amide bonds. The fourth-order valence-electron chi connectivity index (χ4n) is 3.47. The normalized spacial score (nSPS) is 19.3. The third kappa shape index (κ3) is 6.06. The lowest BCUT2D eigenvalue weighted by Gasteiger charge is -2.49. The van der Waals surface area contributed by atoms with Crippen molar-refractivity contribution in [1.29, 1.82) is 0 Å². The van der Waals surface area contributed by atoms with Gasteiger partial charge in [-0.15, -0.1) is 40.6 Å². The highest BCUT2D eigenvalue weighted by molar-refractivity contribution is 8.01. The molecule has 2 aromatic rings. The largest absolute Gasteiger partial charge is 0.477 e. The number of nitrogens with zero attached hydrogens (tertiary/aromatic N) is 7. The zero-order valence-electron chi connectivity index (χ0n) is 18.8. The van der Waals surface area contributed by atoms with Gasteiger partial charge in [-0.3, -0.25) is 14.5 Å². The minimum Gasteiger partial charge on any atom is -0.477 e. The van der Waals surface area contributed by atoms with Crippen LogP contribution in [0.4, 0.5) is 5.13 Å². The smallest absolute Gasteiger partial charge is 0.352 e. The molecule has 190 valence electrons. The summed E-state index contributed by atoms with van der Waals surface area (Å²) in [4.78, 5) is 44.5. The number of nitrogen functional groups attached to an aromatic ring is 1. The molecule has 4 heterocycles. The van der Waals surface area contributed by atoms with Crippen molar-refractivity contribution >= 4 is 70.2 Å². The summed E-state index contributed by atoms with van der Waals surface area (Å²) in [5.41, 5.74) is 6.68. The van der Waals surface area contributed by atoms with Crippen LogP contribution in [0.2, 0.25) is 0 Å². The maximum atomic E-state index is 12.8. The molecule has 0 radical (unpaired) electrons. The number of likely N-dealkylation sites (N-methyl/N-ethyl adjacent to an activating group) is 1. The number of carbonyl (C=O) groups excluding carboxylic acids is 2. The summed E-state index contributed by atoms with van der Waals surface area (Å²) in [6.07, 6.45) is 0.000917. The number of thiazole rings is 1. The average molecular weight is 562 g/mol. The standard InChI is InChI=1S/C18H23N9O4S3.ClH/c1-25(2)3-4-26-18(22-23-24-26)34-7-9-6-32-15-12(14(29)27(15)13(9)16(30)31)21-11(28)5-10-8-33-17(19)20-10;/h8,12,15H,3-7H2,1-2H3,(H2,19,20)(H,21,28)(H,30,31);1H/t12?,15-;/m0./s1. The van der Waals surface area contributed by atoms with Crippen LogP contribution in [0.3, 0.4) is 0 Å². The van der Waals surface area contributed by atoms with Crippen LogP contribution in [0.5, 0.6) is 0 Å². The first-order valence-electron chi connectivity index (χ1n) is 10.2. The molecule has 4 rings (SSSR count). The van der Waals surface area contributed by atoms with Gasteiger partial charge >= 0.3 is 5.97 Å². The van der Waals surface area contributed by atoms with Gasteiger partial charge in [0.1, 0.15) is 17.1 Å². The summed E-state index contributed by atoms with van der Waals surface area (Å²) in [6.45, 7) is 1.36. The SMILES string of the molecule is CN(C)CCn1nnnc1SCC1=C(C(=O)O)N2C(=O)C(NC(=O)Cc3csc(N)n3)[C@@H]2SC1.Cl. The van der Waals surface area contributed by atoms with Gasteiger partial charge in [-0.25, -0.2) is 14.5 Å². The molecule has 2 aliphatic rings. The van der Waals surface area contributed by atoms with E-state index in [0.717, 1.165) is 6.54 Å². The number of β-lactam (4-membered cyclic amide) rings is 1. The van der Waals surface area contributed by atoms with Crippen LogP contribution in [-0.4, -0.2) is 101 Å². The lowest BCUT2D eigenvalue weighted by atomic mass is 10.0. The Bertz CT molecular complexity index is 1140. The van der Waals surface area contributed by atoms with Crippen LogP contribution in [0.1, 0.15) is 5.69 Å². The van der Waals surface area contributed by atoms with Crippen LogP contribution in [-0.2, 0) is 27.3 Å². The fourth-order valence-corrected chi connectivity index (χ4v) is 6.42. The average Bonchev–Trinajstić information content (AvgIpc) is 3.41. The van der Waals surface area contributed by atoms with Crippen molar-refractivity contribution in [1.82, 2.24) is 40.3 Å². The van der Waals surface area contributed by atoms with Gasteiger partial charge in [-0.1, -0.05) is 11.8 Å². The number of aliphatic carboxylic acids is 1. The number of nitrogens with one attached hydrogen (secondary N) is 1. The summed E-state index contributed by atoms with van der Waals surface area (Å²) in [6, 6.07) is -0.782. The van der Waals surface area contributed by atoms with E-state index in [9.17, 15) is 19.5 Å². The number of carboxylic acid groups (broad SMARTS) is 1. The van der Waals surface area contributed by atoms with Gasteiger partial charge < -0.3 is 21.1 Å². The number of carbonyl (C=O) groups is 3. The Morgan fingerprint density at radius 1 is 1.40 bits per heavy atom. The molecule has 4 N–H and O–H groups in total. The Morgan fingerprint density at radius 2 is 2.17 bits per heavy atom. The van der Waals surface area contributed by atoms with Gasteiger partial charge in [0.25, 0.3) is 5.91 Å². The topological polar surface area (TPSA) is 172 Å². The molecule has 13 nitrogen and oxygen atoms in total. The van der Waals surface area contributed by atoms with Crippen LogP contribution in [0.15, 0.2) is 21.8 Å². The zero-order valence-corrected chi connectivity index (χ0v) is 22.0. The van der Waals surface area contributed by atoms with Crippen molar-refractivity contribution in [2.75, 3.05) is 37.9 Å². The lowest BCUT2D eigenvalue weighted by molar-refractivity contribution is -0.150. The predicted molar refractivity (Wildman–Crippen MR) is 134 cm³/mol. The highest BCUT2D eigenvalue weighted by Gasteiger charge is 2.54. The Balaban J connectivity index is 0.00000342. The van der Waals surface area contributed by atoms with E-state index < -0.39 is 23.3 Å². The number of amides is 2. The second-order valence-electron chi connectivity index (χ2n) is 7.84. The monoisotopic (exact) mass is 561 g/mol. The molecule has 1 fully saturated rings. The van der Waals surface area contributed by atoms with Crippen LogP contribution < -0.4 is 11.1 Å². The van der Waals surface area contributed by atoms with Crippen molar-refractivity contribution in [3.8, 4) is 0 Å². The van der Waals surface area contributed by atoms with E-state index in [1.54, 1.807) is 10.1 Å². The van der Waals surface area contributed by atoms with E-state index in [1.807, 2.05) is 19.0 Å². The van der Waals surface area contributed by atoms with Crippen LogP contribution in [0, 0.1) is 0 Å². The first-order valence-corrected chi connectivity index (χ1v) is 13.1. The number of thioether (sulfide) groups is 2. The molecule has 0 aliphatic carbocycles. The number of rotatable bonds is 10. The summed E-state index contributed by atoms with van der Waals surface area (Å²) >= 11 is 3.98. The second-order valence-corrected chi connectivity index (χ2v) is 10.8. The molecule has 1 unspecified atom stereocenters. The highest BCUT2D eigenvalue weighted by atomic mass is 35.5. The van der Waals surface area contributed by atoms with Gasteiger partial charge in [0.05, 0.1) is 18.7 Å². The molecule has 17 heteroatoms. The lowest BCUT2D eigenvalue weighted by Crippen LogP contribution is -2.70. The van der Waals surface area contributed by atoms with Crippen molar-refractivity contribution in [2.45, 2.75) is 29.5 Å². The minimum absolute atomic E-state index is 0. The number of hydrogen-bond acceptors (Lipinski definition) is 12. The summed E-state index contributed by atoms with van der Waals surface area (Å²) < 4.78 is 1.67. The van der Waals surface area contributed by atoms with Gasteiger partial charge in [-0.2, -0.15) is 0 Å².